The summed E-state index contributed by atoms with van der Waals surface area (Å²) in [5.74, 6) is 0.921. The first-order valence-electron chi connectivity index (χ1n) is 12.9. The van der Waals surface area contributed by atoms with Crippen LogP contribution in [-0.2, 0) is 18.6 Å². The minimum absolute atomic E-state index is 0.154. The molecule has 0 radical (unpaired) electrons. The van der Waals surface area contributed by atoms with Gasteiger partial charge in [-0.15, -0.1) is 0 Å². The van der Waals surface area contributed by atoms with E-state index in [0.717, 1.165) is 37.9 Å². The second-order valence-electron chi connectivity index (χ2n) is 10.2. The fourth-order valence-electron chi connectivity index (χ4n) is 4.15. The molecule has 9 nitrogen and oxygen atoms in total. The van der Waals surface area contributed by atoms with Gasteiger partial charge in [-0.2, -0.15) is 4.98 Å². The van der Waals surface area contributed by atoms with Crippen LogP contribution in [0.5, 0.6) is 0 Å². The van der Waals surface area contributed by atoms with E-state index in [-0.39, 0.29) is 5.56 Å². The number of hydrogen-bond acceptors (Lipinski definition) is 7. The third kappa shape index (κ3) is 6.23. The van der Waals surface area contributed by atoms with E-state index in [2.05, 4.69) is 53.3 Å². The SMILES string of the molecule is CCCCCn1c(=O)c2cnc(Nc3ccc(CCN(C)C)cc3)nc2n1-c1cccc(C(C)(C)O)n1. The van der Waals surface area contributed by atoms with Crippen molar-refractivity contribution in [2.24, 2.45) is 0 Å². The second kappa shape index (κ2) is 11.2. The number of likely N-dealkylation sites (N-methyl/N-ethyl adjacent to an activating group) is 1. The zero-order valence-electron chi connectivity index (χ0n) is 22.4. The van der Waals surface area contributed by atoms with Crippen LogP contribution in [0.25, 0.3) is 16.9 Å². The molecule has 0 fully saturated rings. The van der Waals surface area contributed by atoms with Crippen LogP contribution in [0, 0.1) is 0 Å². The summed E-state index contributed by atoms with van der Waals surface area (Å²) in [6.07, 6.45) is 5.46. The fraction of sp³-hybridized carbons (Fsp3) is 0.429. The molecule has 0 amide bonds. The lowest BCUT2D eigenvalue weighted by atomic mass is 10.1. The topological polar surface area (TPSA) is 101 Å². The highest BCUT2D eigenvalue weighted by molar-refractivity contribution is 5.77. The number of hydrogen-bond donors (Lipinski definition) is 2. The summed E-state index contributed by atoms with van der Waals surface area (Å²) in [5, 5.41) is 14.2. The summed E-state index contributed by atoms with van der Waals surface area (Å²) >= 11 is 0. The maximum absolute atomic E-state index is 13.4. The molecular weight excluding hydrogens is 466 g/mol. The Kier molecular flexibility index (Phi) is 8.04. The van der Waals surface area contributed by atoms with Gasteiger partial charge in [-0.3, -0.25) is 4.79 Å². The Labute approximate surface area is 217 Å². The maximum Gasteiger partial charge on any atom is 0.278 e. The molecule has 0 saturated heterocycles. The minimum Gasteiger partial charge on any atom is -0.384 e. The standard InChI is InChI=1S/C28H37N7O2/c1-6-7-8-17-34-26(36)22-19-29-27(30-21-14-12-20(13-15-21)16-18-33(4)5)32-25(22)35(34)24-11-9-10-23(31-24)28(2,3)37/h9-15,19,37H,6-8,16-18H2,1-5H3,(H,29,30,32). The number of pyridine rings is 1. The molecule has 4 aromatic rings. The van der Waals surface area contributed by atoms with Crippen LogP contribution in [0.4, 0.5) is 11.6 Å². The van der Waals surface area contributed by atoms with Crippen molar-refractivity contribution in [3.63, 3.8) is 0 Å². The lowest BCUT2D eigenvalue weighted by Crippen LogP contribution is -2.24. The highest BCUT2D eigenvalue weighted by Crippen LogP contribution is 2.22. The van der Waals surface area contributed by atoms with Crippen molar-refractivity contribution in [3.8, 4) is 5.82 Å². The van der Waals surface area contributed by atoms with E-state index in [1.807, 2.05) is 24.3 Å². The quantitative estimate of drug-likeness (QED) is 0.295. The molecule has 1 aromatic carbocycles. The van der Waals surface area contributed by atoms with E-state index in [1.165, 1.54) is 5.56 Å². The molecule has 3 heterocycles. The number of unbranched alkanes of at least 4 members (excludes halogenated alkanes) is 2. The summed E-state index contributed by atoms with van der Waals surface area (Å²) in [6, 6.07) is 13.6. The Balaban J connectivity index is 1.74. The lowest BCUT2D eigenvalue weighted by Gasteiger charge is -2.18. The molecule has 0 saturated carbocycles. The Hall–Kier alpha value is -3.56. The Bertz CT molecular complexity index is 1400. The van der Waals surface area contributed by atoms with Crippen LogP contribution in [0.3, 0.4) is 0 Å². The molecule has 4 rings (SSSR count). The average molecular weight is 504 g/mol. The van der Waals surface area contributed by atoms with Crippen molar-refractivity contribution in [3.05, 3.63) is 70.3 Å². The summed E-state index contributed by atoms with van der Waals surface area (Å²) in [4.78, 5) is 29.4. The van der Waals surface area contributed by atoms with Crippen molar-refractivity contribution in [1.29, 1.82) is 0 Å². The molecule has 2 N–H and O–H groups in total. The molecular formula is C28H37N7O2. The van der Waals surface area contributed by atoms with Gasteiger partial charge < -0.3 is 15.3 Å². The molecule has 0 unspecified atom stereocenters. The van der Waals surface area contributed by atoms with Gasteiger partial charge in [0.2, 0.25) is 5.95 Å². The van der Waals surface area contributed by atoms with Gasteiger partial charge in [-0.1, -0.05) is 38.0 Å². The monoisotopic (exact) mass is 503 g/mol. The Morgan fingerprint density at radius 1 is 1.05 bits per heavy atom. The molecule has 196 valence electrons. The highest BCUT2D eigenvalue weighted by Gasteiger charge is 2.22. The van der Waals surface area contributed by atoms with Gasteiger partial charge in [0.25, 0.3) is 5.56 Å². The van der Waals surface area contributed by atoms with E-state index < -0.39 is 5.60 Å². The fourth-order valence-corrected chi connectivity index (χ4v) is 4.15. The van der Waals surface area contributed by atoms with Crippen molar-refractivity contribution < 1.29 is 5.11 Å². The summed E-state index contributed by atoms with van der Waals surface area (Å²) in [5.41, 5.74) is 1.84. The number of nitrogens with one attached hydrogen (secondary N) is 1. The smallest absolute Gasteiger partial charge is 0.278 e. The molecule has 3 aromatic heterocycles. The summed E-state index contributed by atoms with van der Waals surface area (Å²) in [7, 11) is 4.13. The van der Waals surface area contributed by atoms with Crippen LogP contribution in [0.2, 0.25) is 0 Å². The van der Waals surface area contributed by atoms with Gasteiger partial charge in [-0.25, -0.2) is 19.3 Å². The maximum atomic E-state index is 13.4. The van der Waals surface area contributed by atoms with Gasteiger partial charge in [0.05, 0.1) is 5.69 Å². The first-order chi connectivity index (χ1) is 17.7. The predicted molar refractivity (Wildman–Crippen MR) is 148 cm³/mol. The predicted octanol–water partition coefficient (Wildman–Crippen LogP) is 4.24. The van der Waals surface area contributed by atoms with Gasteiger partial charge >= 0.3 is 0 Å². The van der Waals surface area contributed by atoms with Gasteiger partial charge in [0.1, 0.15) is 11.0 Å². The van der Waals surface area contributed by atoms with Crippen molar-refractivity contribution >= 4 is 22.7 Å². The van der Waals surface area contributed by atoms with E-state index >= 15 is 0 Å². The molecule has 0 bridgehead atoms. The second-order valence-corrected chi connectivity index (χ2v) is 10.2. The normalized spacial score (nSPS) is 12.0. The van der Waals surface area contributed by atoms with Crippen molar-refractivity contribution in [2.75, 3.05) is 26.0 Å². The number of nitrogens with zero attached hydrogens (tertiary/aromatic N) is 6. The first kappa shape index (κ1) is 26.5. The van der Waals surface area contributed by atoms with E-state index in [4.69, 9.17) is 4.98 Å². The number of rotatable bonds is 11. The molecule has 37 heavy (non-hydrogen) atoms. The lowest BCUT2D eigenvalue weighted by molar-refractivity contribution is 0.0738. The number of benzene rings is 1. The summed E-state index contributed by atoms with van der Waals surface area (Å²) in [6.45, 7) is 7.04. The van der Waals surface area contributed by atoms with Gasteiger partial charge in [-0.05, 0) is 70.6 Å². The number of anilines is 2. The molecule has 0 aliphatic rings. The Morgan fingerprint density at radius 3 is 2.49 bits per heavy atom. The number of fused-ring (bicyclic) bond motifs is 1. The van der Waals surface area contributed by atoms with E-state index in [1.54, 1.807) is 35.5 Å². The average Bonchev–Trinajstić information content (AvgIpc) is 3.14. The molecule has 0 spiro atoms. The van der Waals surface area contributed by atoms with E-state index in [0.29, 0.717) is 35.0 Å². The molecule has 0 atom stereocenters. The van der Waals surface area contributed by atoms with E-state index in [9.17, 15) is 9.90 Å². The minimum atomic E-state index is -1.12. The van der Waals surface area contributed by atoms with Gasteiger partial charge in [0.15, 0.2) is 11.5 Å². The zero-order chi connectivity index (χ0) is 26.6. The van der Waals surface area contributed by atoms with Crippen LogP contribution in [0.1, 0.15) is 51.3 Å². The van der Waals surface area contributed by atoms with Crippen LogP contribution in [-0.4, -0.2) is 55.0 Å². The third-order valence-corrected chi connectivity index (χ3v) is 6.28. The van der Waals surface area contributed by atoms with Crippen molar-refractivity contribution in [2.45, 2.75) is 58.6 Å². The zero-order valence-corrected chi connectivity index (χ0v) is 22.4. The summed E-state index contributed by atoms with van der Waals surface area (Å²) < 4.78 is 3.43. The van der Waals surface area contributed by atoms with Crippen LogP contribution < -0.4 is 10.9 Å². The molecule has 9 heteroatoms. The highest BCUT2D eigenvalue weighted by atomic mass is 16.3. The van der Waals surface area contributed by atoms with Crippen molar-refractivity contribution in [1.82, 2.24) is 29.2 Å². The molecule has 0 aliphatic carbocycles. The third-order valence-electron chi connectivity index (χ3n) is 6.28. The Morgan fingerprint density at radius 2 is 1.81 bits per heavy atom. The first-order valence-corrected chi connectivity index (χ1v) is 12.9. The van der Waals surface area contributed by atoms with Gasteiger partial charge in [0, 0.05) is 25.0 Å². The largest absolute Gasteiger partial charge is 0.384 e. The number of aromatic nitrogens is 5. The van der Waals surface area contributed by atoms with Crippen LogP contribution in [0.15, 0.2) is 53.5 Å². The molecule has 0 aliphatic heterocycles. The van der Waals surface area contributed by atoms with Crippen LogP contribution >= 0.6 is 0 Å². The number of aliphatic hydroxyl groups is 1.